The third kappa shape index (κ3) is 2.47. The first-order valence-electron chi connectivity index (χ1n) is 6.69. The molecule has 0 spiro atoms. The van der Waals surface area contributed by atoms with Crippen LogP contribution in [0, 0.1) is 6.92 Å². The zero-order valence-corrected chi connectivity index (χ0v) is 12.9. The highest BCUT2D eigenvalue weighted by molar-refractivity contribution is 9.10. The summed E-state index contributed by atoms with van der Waals surface area (Å²) in [4.78, 5) is 0. The molecule has 4 heteroatoms. The van der Waals surface area contributed by atoms with Gasteiger partial charge in [0, 0.05) is 17.1 Å². The Hall–Kier alpha value is -1.13. The largest absolute Gasteiger partial charge is 0.309 e. The van der Waals surface area contributed by atoms with E-state index in [4.69, 9.17) is 0 Å². The molecule has 1 aromatic carbocycles. The predicted octanol–water partition coefficient (Wildman–Crippen LogP) is 3.58. The van der Waals surface area contributed by atoms with Crippen LogP contribution >= 0.6 is 15.9 Å². The molecule has 1 fully saturated rings. The maximum absolute atomic E-state index is 4.68. The van der Waals surface area contributed by atoms with Gasteiger partial charge in [-0.15, -0.1) is 0 Å². The molecule has 0 amide bonds. The fourth-order valence-electron chi connectivity index (χ4n) is 2.72. The second-order valence-corrected chi connectivity index (χ2v) is 6.10. The van der Waals surface area contributed by atoms with Crippen LogP contribution in [0.25, 0.3) is 11.3 Å². The Balaban J connectivity index is 2.02. The smallest absolute Gasteiger partial charge is 0.0800 e. The predicted molar refractivity (Wildman–Crippen MR) is 81.1 cm³/mol. The lowest BCUT2D eigenvalue weighted by Gasteiger charge is -2.06. The van der Waals surface area contributed by atoms with E-state index >= 15 is 0 Å². The Morgan fingerprint density at radius 1 is 1.37 bits per heavy atom. The van der Waals surface area contributed by atoms with E-state index in [-0.39, 0.29) is 0 Å². The first kappa shape index (κ1) is 12.9. The van der Waals surface area contributed by atoms with Gasteiger partial charge in [-0.3, -0.25) is 4.68 Å². The van der Waals surface area contributed by atoms with Crippen molar-refractivity contribution in [3.05, 3.63) is 40.0 Å². The molecule has 3 nitrogen and oxygen atoms in total. The average Bonchev–Trinajstić information content (AvgIpc) is 3.01. The summed E-state index contributed by atoms with van der Waals surface area (Å²) in [5.41, 5.74) is 4.86. The van der Waals surface area contributed by atoms with Gasteiger partial charge in [-0.05, 0) is 50.1 Å². The standard InChI is InChI=1S/C15H18BrN3/c1-10-5-6-11(16)8-12(10)15-9-14(18-19(15)2)13-4-3-7-17-13/h5-6,8-9,13,17H,3-4,7H2,1-2H3. The third-order valence-corrected chi connectivity index (χ3v) is 4.28. The fourth-order valence-corrected chi connectivity index (χ4v) is 3.08. The summed E-state index contributed by atoms with van der Waals surface area (Å²) < 4.78 is 3.10. The number of nitrogens with one attached hydrogen (secondary N) is 1. The molecule has 1 aliphatic rings. The van der Waals surface area contributed by atoms with Crippen LogP contribution in [-0.2, 0) is 7.05 Å². The van der Waals surface area contributed by atoms with Gasteiger partial charge >= 0.3 is 0 Å². The Bertz CT molecular complexity index is 597. The fraction of sp³-hybridized carbons (Fsp3) is 0.400. The van der Waals surface area contributed by atoms with E-state index in [2.05, 4.69) is 57.5 Å². The molecule has 0 radical (unpaired) electrons. The van der Waals surface area contributed by atoms with E-state index in [9.17, 15) is 0 Å². The van der Waals surface area contributed by atoms with Crippen molar-refractivity contribution in [3.8, 4) is 11.3 Å². The van der Waals surface area contributed by atoms with Crippen LogP contribution in [0.1, 0.15) is 30.1 Å². The van der Waals surface area contributed by atoms with Crippen molar-refractivity contribution < 1.29 is 0 Å². The molecule has 3 rings (SSSR count). The van der Waals surface area contributed by atoms with Crippen molar-refractivity contribution >= 4 is 15.9 Å². The van der Waals surface area contributed by atoms with E-state index in [1.165, 1.54) is 29.7 Å². The van der Waals surface area contributed by atoms with Gasteiger partial charge in [0.15, 0.2) is 0 Å². The van der Waals surface area contributed by atoms with Gasteiger partial charge in [0.25, 0.3) is 0 Å². The molecule has 100 valence electrons. The molecule has 1 aromatic heterocycles. The number of halogens is 1. The summed E-state index contributed by atoms with van der Waals surface area (Å²) >= 11 is 3.55. The number of hydrogen-bond acceptors (Lipinski definition) is 2. The maximum Gasteiger partial charge on any atom is 0.0800 e. The number of rotatable bonds is 2. The van der Waals surface area contributed by atoms with Crippen LogP contribution in [-0.4, -0.2) is 16.3 Å². The minimum Gasteiger partial charge on any atom is -0.309 e. The van der Waals surface area contributed by atoms with Gasteiger partial charge in [0.05, 0.1) is 17.4 Å². The summed E-state index contributed by atoms with van der Waals surface area (Å²) in [7, 11) is 2.02. The van der Waals surface area contributed by atoms with Gasteiger partial charge in [-0.2, -0.15) is 5.10 Å². The SMILES string of the molecule is Cc1ccc(Br)cc1-c1cc(C2CCCN2)nn1C. The number of aromatic nitrogens is 2. The third-order valence-electron chi connectivity index (χ3n) is 3.79. The van der Waals surface area contributed by atoms with Crippen LogP contribution in [0.15, 0.2) is 28.7 Å². The van der Waals surface area contributed by atoms with E-state index in [1.807, 2.05) is 11.7 Å². The number of benzene rings is 1. The summed E-state index contributed by atoms with van der Waals surface area (Å²) in [6.45, 7) is 3.24. The van der Waals surface area contributed by atoms with Crippen LogP contribution in [0.3, 0.4) is 0 Å². The topological polar surface area (TPSA) is 29.9 Å². The normalized spacial score (nSPS) is 19.0. The van der Waals surface area contributed by atoms with Gasteiger partial charge < -0.3 is 5.32 Å². The lowest BCUT2D eigenvalue weighted by atomic mass is 10.0. The van der Waals surface area contributed by atoms with Gasteiger partial charge in [0.1, 0.15) is 0 Å². The highest BCUT2D eigenvalue weighted by Crippen LogP contribution is 2.30. The van der Waals surface area contributed by atoms with Crippen LogP contribution in [0.4, 0.5) is 0 Å². The summed E-state index contributed by atoms with van der Waals surface area (Å²) in [5.74, 6) is 0. The van der Waals surface area contributed by atoms with Crippen molar-refractivity contribution in [2.24, 2.45) is 7.05 Å². The van der Waals surface area contributed by atoms with Crippen LogP contribution < -0.4 is 5.32 Å². The molecule has 2 heterocycles. The highest BCUT2D eigenvalue weighted by atomic mass is 79.9. The maximum atomic E-state index is 4.68. The molecule has 1 aliphatic heterocycles. The van der Waals surface area contributed by atoms with E-state index < -0.39 is 0 Å². The molecule has 19 heavy (non-hydrogen) atoms. The molecule has 1 N–H and O–H groups in total. The zero-order valence-electron chi connectivity index (χ0n) is 11.3. The molecule has 0 saturated carbocycles. The molecule has 0 bridgehead atoms. The van der Waals surface area contributed by atoms with Crippen molar-refractivity contribution in [3.63, 3.8) is 0 Å². The minimum atomic E-state index is 0.424. The van der Waals surface area contributed by atoms with Crippen LogP contribution in [0.2, 0.25) is 0 Å². The number of aryl methyl sites for hydroxylation is 2. The second-order valence-electron chi connectivity index (χ2n) is 5.19. The van der Waals surface area contributed by atoms with Gasteiger partial charge in [-0.25, -0.2) is 0 Å². The van der Waals surface area contributed by atoms with E-state index in [1.54, 1.807) is 0 Å². The first-order chi connectivity index (χ1) is 9.15. The Morgan fingerprint density at radius 3 is 2.95 bits per heavy atom. The number of hydrogen-bond donors (Lipinski definition) is 1. The Labute approximate surface area is 122 Å². The van der Waals surface area contributed by atoms with Crippen molar-refractivity contribution in [1.82, 2.24) is 15.1 Å². The summed E-state index contributed by atoms with van der Waals surface area (Å²) in [6.07, 6.45) is 2.43. The average molecular weight is 320 g/mol. The quantitative estimate of drug-likeness (QED) is 0.916. The van der Waals surface area contributed by atoms with Crippen molar-refractivity contribution in [1.29, 1.82) is 0 Å². The molecule has 1 unspecified atom stereocenters. The molecule has 0 aliphatic carbocycles. The molecule has 1 saturated heterocycles. The summed E-state index contributed by atoms with van der Waals surface area (Å²) in [6, 6.07) is 9.03. The molecule has 1 atom stereocenters. The lowest BCUT2D eigenvalue weighted by Crippen LogP contribution is -2.13. The van der Waals surface area contributed by atoms with Crippen LogP contribution in [0.5, 0.6) is 0 Å². The van der Waals surface area contributed by atoms with Crippen molar-refractivity contribution in [2.45, 2.75) is 25.8 Å². The van der Waals surface area contributed by atoms with Gasteiger partial charge in [-0.1, -0.05) is 22.0 Å². The van der Waals surface area contributed by atoms with E-state index in [0.717, 1.165) is 16.7 Å². The summed E-state index contributed by atoms with van der Waals surface area (Å²) in [5, 5.41) is 8.18. The van der Waals surface area contributed by atoms with E-state index in [0.29, 0.717) is 6.04 Å². The second kappa shape index (κ2) is 5.10. The van der Waals surface area contributed by atoms with Gasteiger partial charge in [0.2, 0.25) is 0 Å². The van der Waals surface area contributed by atoms with Crippen molar-refractivity contribution in [2.75, 3.05) is 6.54 Å². The zero-order chi connectivity index (χ0) is 13.4. The molecular weight excluding hydrogens is 302 g/mol. The minimum absolute atomic E-state index is 0.424. The Kier molecular flexibility index (Phi) is 3.46. The molecule has 2 aromatic rings. The first-order valence-corrected chi connectivity index (χ1v) is 7.48. The lowest BCUT2D eigenvalue weighted by molar-refractivity contribution is 0.607. The Morgan fingerprint density at radius 2 is 2.21 bits per heavy atom. The molecular formula is C15H18BrN3. The highest BCUT2D eigenvalue weighted by Gasteiger charge is 2.20. The monoisotopic (exact) mass is 319 g/mol. The number of nitrogens with zero attached hydrogens (tertiary/aromatic N) is 2.